The largest absolute Gasteiger partial charge is 0.369 e. The van der Waals surface area contributed by atoms with Crippen molar-refractivity contribution in [1.29, 1.82) is 0 Å². The molecule has 4 rings (SSSR count). The van der Waals surface area contributed by atoms with E-state index in [4.69, 9.17) is 5.73 Å². The van der Waals surface area contributed by atoms with Gasteiger partial charge in [-0.1, -0.05) is 84.9 Å². The van der Waals surface area contributed by atoms with Gasteiger partial charge in [0.2, 0.25) is 0 Å². The molecule has 3 N–H and O–H groups in total. The number of guanidine groups is 1. The van der Waals surface area contributed by atoms with Crippen LogP contribution >= 0.6 is 0 Å². The predicted molar refractivity (Wildman–Crippen MR) is 119 cm³/mol. The monoisotopic (exact) mass is 363 g/mol. The van der Waals surface area contributed by atoms with Crippen LogP contribution in [-0.4, -0.2) is 5.96 Å². The number of nitrogens with two attached hydrogens (primary N) is 1. The Labute approximate surface area is 165 Å². The molecule has 4 aromatic rings. The fourth-order valence-electron chi connectivity index (χ4n) is 3.11. The Morgan fingerprint density at radius 3 is 1.75 bits per heavy atom. The zero-order valence-electron chi connectivity index (χ0n) is 15.4. The Morgan fingerprint density at radius 2 is 1.11 bits per heavy atom. The number of hydrogen-bond donors (Lipinski definition) is 2. The molecule has 0 unspecified atom stereocenters. The van der Waals surface area contributed by atoms with Gasteiger partial charge in [-0.25, -0.2) is 4.99 Å². The fourth-order valence-corrected chi connectivity index (χ4v) is 3.11. The van der Waals surface area contributed by atoms with E-state index in [1.807, 2.05) is 66.7 Å². The number of hydrogen-bond acceptors (Lipinski definition) is 1. The molecule has 136 valence electrons. The Morgan fingerprint density at radius 1 is 0.571 bits per heavy atom. The van der Waals surface area contributed by atoms with Crippen LogP contribution in [0, 0.1) is 0 Å². The molecule has 0 atom stereocenters. The van der Waals surface area contributed by atoms with Crippen LogP contribution in [0.2, 0.25) is 0 Å². The van der Waals surface area contributed by atoms with Crippen LogP contribution in [0.15, 0.2) is 114 Å². The van der Waals surface area contributed by atoms with Gasteiger partial charge in [0, 0.05) is 5.69 Å². The topological polar surface area (TPSA) is 50.4 Å². The van der Waals surface area contributed by atoms with Gasteiger partial charge < -0.3 is 11.1 Å². The van der Waals surface area contributed by atoms with Gasteiger partial charge >= 0.3 is 0 Å². The molecular weight excluding hydrogens is 342 g/mol. The van der Waals surface area contributed by atoms with Crippen molar-refractivity contribution < 1.29 is 0 Å². The van der Waals surface area contributed by atoms with E-state index in [-0.39, 0.29) is 0 Å². The van der Waals surface area contributed by atoms with Gasteiger partial charge in [-0.2, -0.15) is 0 Å². The lowest BCUT2D eigenvalue weighted by Gasteiger charge is -2.09. The van der Waals surface area contributed by atoms with Crippen molar-refractivity contribution in [3.8, 4) is 22.3 Å². The minimum absolute atomic E-state index is 0.357. The normalized spacial score (nSPS) is 11.2. The first kappa shape index (κ1) is 17.6. The average Bonchev–Trinajstić information content (AvgIpc) is 2.75. The van der Waals surface area contributed by atoms with Crippen LogP contribution < -0.4 is 11.1 Å². The molecule has 3 heteroatoms. The highest BCUT2D eigenvalue weighted by Crippen LogP contribution is 2.25. The highest BCUT2D eigenvalue weighted by Gasteiger charge is 2.02. The van der Waals surface area contributed by atoms with Crippen LogP contribution in [0.25, 0.3) is 22.3 Å². The first-order chi connectivity index (χ1) is 13.8. The molecule has 0 aliphatic carbocycles. The molecule has 0 heterocycles. The van der Waals surface area contributed by atoms with E-state index in [1.54, 1.807) is 0 Å². The molecule has 0 aliphatic heterocycles. The molecule has 0 saturated carbocycles. The third-order valence-electron chi connectivity index (χ3n) is 4.44. The summed E-state index contributed by atoms with van der Waals surface area (Å²) in [5, 5.41) is 3.19. The van der Waals surface area contributed by atoms with Crippen LogP contribution in [0.1, 0.15) is 0 Å². The van der Waals surface area contributed by atoms with Crippen LogP contribution in [0.5, 0.6) is 0 Å². The number of nitrogens with one attached hydrogen (secondary N) is 1. The molecular formula is C25H21N3. The lowest BCUT2D eigenvalue weighted by Crippen LogP contribution is -2.21. The van der Waals surface area contributed by atoms with Gasteiger partial charge in [-0.15, -0.1) is 0 Å². The Balaban J connectivity index is 1.54. The number of nitrogens with zero attached hydrogens (tertiary/aromatic N) is 1. The van der Waals surface area contributed by atoms with Crippen molar-refractivity contribution in [3.05, 3.63) is 109 Å². The summed E-state index contributed by atoms with van der Waals surface area (Å²) in [6, 6.07) is 36.7. The number of anilines is 1. The van der Waals surface area contributed by atoms with E-state index in [9.17, 15) is 0 Å². The third kappa shape index (κ3) is 4.27. The molecule has 0 bridgehead atoms. The molecule has 0 aromatic heterocycles. The molecule has 3 nitrogen and oxygen atoms in total. The van der Waals surface area contributed by atoms with Gasteiger partial charge in [0.25, 0.3) is 0 Å². The Hall–Kier alpha value is -3.85. The summed E-state index contributed by atoms with van der Waals surface area (Å²) < 4.78 is 0. The second kappa shape index (κ2) is 8.23. The summed E-state index contributed by atoms with van der Waals surface area (Å²) in [5.74, 6) is 0.357. The van der Waals surface area contributed by atoms with E-state index >= 15 is 0 Å². The number of aliphatic imine (C=N–C) groups is 1. The molecule has 0 saturated heterocycles. The van der Waals surface area contributed by atoms with Gasteiger partial charge in [0.15, 0.2) is 5.96 Å². The second-order valence-electron chi connectivity index (χ2n) is 6.49. The minimum Gasteiger partial charge on any atom is -0.369 e. The van der Waals surface area contributed by atoms with E-state index in [2.05, 4.69) is 52.8 Å². The summed E-state index contributed by atoms with van der Waals surface area (Å²) >= 11 is 0. The SMILES string of the molecule is NC(=Nc1cccc(-c2ccccc2)c1)Nc1cccc(-c2ccccc2)c1. The van der Waals surface area contributed by atoms with Crippen molar-refractivity contribution in [2.75, 3.05) is 5.32 Å². The molecule has 4 aromatic carbocycles. The smallest absolute Gasteiger partial charge is 0.198 e. The average molecular weight is 363 g/mol. The summed E-state index contributed by atoms with van der Waals surface area (Å²) in [4.78, 5) is 4.53. The van der Waals surface area contributed by atoms with E-state index in [1.165, 1.54) is 0 Å². The summed E-state index contributed by atoms with van der Waals surface area (Å²) in [6.07, 6.45) is 0. The zero-order valence-corrected chi connectivity index (χ0v) is 15.4. The maximum absolute atomic E-state index is 6.15. The van der Waals surface area contributed by atoms with Gasteiger partial charge in [0.1, 0.15) is 0 Å². The molecule has 0 aliphatic rings. The Bertz CT molecular complexity index is 1090. The molecule has 28 heavy (non-hydrogen) atoms. The van der Waals surface area contributed by atoms with Gasteiger partial charge in [-0.05, 0) is 46.5 Å². The van der Waals surface area contributed by atoms with Crippen LogP contribution in [0.4, 0.5) is 11.4 Å². The molecule has 0 fully saturated rings. The second-order valence-corrected chi connectivity index (χ2v) is 6.49. The first-order valence-electron chi connectivity index (χ1n) is 9.20. The number of rotatable bonds is 4. The molecule has 0 spiro atoms. The van der Waals surface area contributed by atoms with Gasteiger partial charge in [0.05, 0.1) is 5.69 Å². The summed E-state index contributed by atoms with van der Waals surface area (Å²) in [5.41, 5.74) is 12.4. The van der Waals surface area contributed by atoms with Crippen molar-refractivity contribution in [2.24, 2.45) is 10.7 Å². The quantitative estimate of drug-likeness (QED) is 0.341. The maximum Gasteiger partial charge on any atom is 0.198 e. The number of benzene rings is 4. The Kier molecular flexibility index (Phi) is 5.16. The maximum atomic E-state index is 6.15. The summed E-state index contributed by atoms with van der Waals surface area (Å²) in [7, 11) is 0. The lowest BCUT2D eigenvalue weighted by molar-refractivity contribution is 1.44. The van der Waals surface area contributed by atoms with Gasteiger partial charge in [-0.3, -0.25) is 0 Å². The van der Waals surface area contributed by atoms with Crippen molar-refractivity contribution in [1.82, 2.24) is 0 Å². The summed E-state index contributed by atoms with van der Waals surface area (Å²) in [6.45, 7) is 0. The van der Waals surface area contributed by atoms with E-state index in [0.29, 0.717) is 5.96 Å². The third-order valence-corrected chi connectivity index (χ3v) is 4.44. The zero-order chi connectivity index (χ0) is 19.2. The van der Waals surface area contributed by atoms with Crippen molar-refractivity contribution in [3.63, 3.8) is 0 Å². The fraction of sp³-hybridized carbons (Fsp3) is 0. The van der Waals surface area contributed by atoms with Crippen LogP contribution in [0.3, 0.4) is 0 Å². The minimum atomic E-state index is 0.357. The van der Waals surface area contributed by atoms with Crippen molar-refractivity contribution in [2.45, 2.75) is 0 Å². The predicted octanol–water partition coefficient (Wildman–Crippen LogP) is 6.08. The molecule has 0 radical (unpaired) electrons. The highest BCUT2D eigenvalue weighted by molar-refractivity contribution is 5.94. The van der Waals surface area contributed by atoms with E-state index < -0.39 is 0 Å². The first-order valence-corrected chi connectivity index (χ1v) is 9.20. The van der Waals surface area contributed by atoms with E-state index in [0.717, 1.165) is 33.6 Å². The van der Waals surface area contributed by atoms with Crippen LogP contribution in [-0.2, 0) is 0 Å². The van der Waals surface area contributed by atoms with Crippen molar-refractivity contribution >= 4 is 17.3 Å². The standard InChI is InChI=1S/C25H21N3/c26-25(27-23-15-7-13-21(17-23)19-9-3-1-4-10-19)28-24-16-8-14-22(18-24)20-11-5-2-6-12-20/h1-18H,(H3,26,27,28). The lowest BCUT2D eigenvalue weighted by atomic mass is 10.1. The molecule has 0 amide bonds. The highest BCUT2D eigenvalue weighted by atomic mass is 15.1.